The molecule has 0 aliphatic rings. The first-order chi connectivity index (χ1) is 7.70. The van der Waals surface area contributed by atoms with E-state index >= 15 is 0 Å². The molecule has 0 spiro atoms. The van der Waals surface area contributed by atoms with Gasteiger partial charge in [0.15, 0.2) is 0 Å². The summed E-state index contributed by atoms with van der Waals surface area (Å²) in [5, 5.41) is 9.74. The number of nitrogens with two attached hydrogens (primary N) is 1. The highest BCUT2D eigenvalue weighted by Crippen LogP contribution is 2.26. The molecule has 0 bridgehead atoms. The minimum atomic E-state index is -0.957. The predicted octanol–water partition coefficient (Wildman–Crippen LogP) is 1.55. The molecule has 0 aromatic rings. The van der Waals surface area contributed by atoms with E-state index in [9.17, 15) is 9.90 Å². The van der Waals surface area contributed by atoms with Gasteiger partial charge in [-0.15, -0.1) is 0 Å². The summed E-state index contributed by atoms with van der Waals surface area (Å²) < 4.78 is 4.94. The number of esters is 1. The zero-order chi connectivity index (χ0) is 13.6. The fourth-order valence-corrected chi connectivity index (χ4v) is 2.91. The molecular weight excluding hydrogens is 238 g/mol. The van der Waals surface area contributed by atoms with E-state index in [-0.39, 0.29) is 22.6 Å². The van der Waals surface area contributed by atoms with Crippen LogP contribution >= 0.6 is 11.8 Å². The molecule has 0 aliphatic heterocycles. The van der Waals surface area contributed by atoms with Crippen molar-refractivity contribution in [2.45, 2.75) is 63.2 Å². The van der Waals surface area contributed by atoms with Gasteiger partial charge in [-0.3, -0.25) is 4.79 Å². The molecule has 4 nitrogen and oxygen atoms in total. The molecule has 0 radical (unpaired) electrons. The highest BCUT2D eigenvalue weighted by molar-refractivity contribution is 8.00. The van der Waals surface area contributed by atoms with E-state index < -0.39 is 5.54 Å². The lowest BCUT2D eigenvalue weighted by Gasteiger charge is -2.27. The number of carbonyl (C=O) groups excluding carboxylic acids is 1. The molecule has 0 saturated carbocycles. The van der Waals surface area contributed by atoms with Gasteiger partial charge in [0.1, 0.15) is 5.54 Å². The first-order valence-electron chi connectivity index (χ1n) is 6.00. The first kappa shape index (κ1) is 16.7. The van der Waals surface area contributed by atoms with Crippen LogP contribution in [-0.2, 0) is 9.53 Å². The summed E-state index contributed by atoms with van der Waals surface area (Å²) in [4.78, 5) is 11.6. The normalized spacial score (nSPS) is 20.2. The van der Waals surface area contributed by atoms with Crippen LogP contribution < -0.4 is 5.73 Å². The summed E-state index contributed by atoms with van der Waals surface area (Å²) in [6, 6.07) is 0. The molecule has 0 amide bonds. The predicted molar refractivity (Wildman–Crippen MR) is 72.0 cm³/mol. The van der Waals surface area contributed by atoms with Crippen LogP contribution in [0.15, 0.2) is 0 Å². The van der Waals surface area contributed by atoms with Crippen LogP contribution in [0.25, 0.3) is 0 Å². The van der Waals surface area contributed by atoms with Crippen LogP contribution in [0, 0.1) is 0 Å². The average Bonchev–Trinajstić information content (AvgIpc) is 2.16. The quantitative estimate of drug-likeness (QED) is 0.682. The number of aliphatic hydroxyl groups is 1. The second-order valence-corrected chi connectivity index (χ2v) is 6.55. The molecule has 0 saturated heterocycles. The number of rotatable bonds is 7. The fraction of sp³-hybridized carbons (Fsp3) is 0.917. The minimum Gasteiger partial charge on any atom is -0.465 e. The number of hydrogen-bond donors (Lipinski definition) is 2. The summed E-state index contributed by atoms with van der Waals surface area (Å²) in [6.45, 7) is 9.53. The van der Waals surface area contributed by atoms with Crippen molar-refractivity contribution in [2.75, 3.05) is 6.61 Å². The Kier molecular flexibility index (Phi) is 7.13. The molecule has 3 N–H and O–H groups in total. The summed E-state index contributed by atoms with van der Waals surface area (Å²) in [5.74, 6) is -0.364. The van der Waals surface area contributed by atoms with Gasteiger partial charge in [-0.1, -0.05) is 13.8 Å². The summed E-state index contributed by atoms with van der Waals surface area (Å²) in [7, 11) is 0. The SMILES string of the molecule is CCOC(=O)C(C)(N)CC(C)SC(C)C(C)O. The van der Waals surface area contributed by atoms with Crippen molar-refractivity contribution in [3.05, 3.63) is 0 Å². The summed E-state index contributed by atoms with van der Waals surface area (Å²) in [6.07, 6.45) is 0.169. The van der Waals surface area contributed by atoms with Crippen molar-refractivity contribution in [3.8, 4) is 0 Å². The number of carbonyl (C=O) groups is 1. The van der Waals surface area contributed by atoms with E-state index in [1.165, 1.54) is 0 Å². The van der Waals surface area contributed by atoms with Crippen molar-refractivity contribution in [2.24, 2.45) is 5.73 Å². The van der Waals surface area contributed by atoms with Crippen LogP contribution in [0.5, 0.6) is 0 Å². The molecule has 0 rings (SSSR count). The van der Waals surface area contributed by atoms with Crippen molar-refractivity contribution >= 4 is 17.7 Å². The van der Waals surface area contributed by atoms with E-state index in [4.69, 9.17) is 10.5 Å². The lowest BCUT2D eigenvalue weighted by atomic mass is 9.98. The molecule has 0 heterocycles. The third-order valence-corrected chi connectivity index (χ3v) is 4.03. The Morgan fingerprint density at radius 2 is 2.00 bits per heavy atom. The monoisotopic (exact) mass is 263 g/mol. The first-order valence-corrected chi connectivity index (χ1v) is 6.94. The third kappa shape index (κ3) is 6.29. The minimum absolute atomic E-state index is 0.128. The number of aliphatic hydroxyl groups excluding tert-OH is 1. The fourth-order valence-electron chi connectivity index (χ4n) is 1.50. The van der Waals surface area contributed by atoms with Gasteiger partial charge in [0, 0.05) is 10.5 Å². The second-order valence-electron chi connectivity index (χ2n) is 4.73. The molecule has 0 aromatic heterocycles. The van der Waals surface area contributed by atoms with Gasteiger partial charge < -0.3 is 15.6 Å². The molecular formula is C12H25NO3S. The maximum absolute atomic E-state index is 11.6. The van der Waals surface area contributed by atoms with E-state index in [1.807, 2.05) is 13.8 Å². The Hall–Kier alpha value is -0.260. The van der Waals surface area contributed by atoms with Crippen molar-refractivity contribution < 1.29 is 14.6 Å². The van der Waals surface area contributed by atoms with Crippen LogP contribution in [0.4, 0.5) is 0 Å². The van der Waals surface area contributed by atoms with Crippen LogP contribution in [-0.4, -0.2) is 39.8 Å². The number of ether oxygens (including phenoxy) is 1. The summed E-state index contributed by atoms with van der Waals surface area (Å²) in [5.41, 5.74) is 4.99. The van der Waals surface area contributed by atoms with Crippen molar-refractivity contribution in [1.29, 1.82) is 0 Å². The summed E-state index contributed by atoms with van der Waals surface area (Å²) >= 11 is 1.63. The van der Waals surface area contributed by atoms with E-state index in [0.29, 0.717) is 13.0 Å². The topological polar surface area (TPSA) is 72.5 Å². The van der Waals surface area contributed by atoms with Gasteiger partial charge in [-0.2, -0.15) is 11.8 Å². The van der Waals surface area contributed by atoms with Crippen LogP contribution in [0.1, 0.15) is 41.0 Å². The van der Waals surface area contributed by atoms with E-state index in [2.05, 4.69) is 0 Å². The third-order valence-electron chi connectivity index (χ3n) is 2.58. The zero-order valence-corrected chi connectivity index (χ0v) is 12.2. The van der Waals surface area contributed by atoms with Crippen LogP contribution in [0.3, 0.4) is 0 Å². The largest absolute Gasteiger partial charge is 0.465 e. The zero-order valence-electron chi connectivity index (χ0n) is 11.4. The van der Waals surface area contributed by atoms with E-state index in [1.54, 1.807) is 32.5 Å². The standard InChI is InChI=1S/C12H25NO3S/c1-6-16-11(15)12(5,13)7-8(2)17-10(4)9(3)14/h8-10,14H,6-7,13H2,1-5H3. The van der Waals surface area contributed by atoms with Gasteiger partial charge in [-0.05, 0) is 27.2 Å². The highest BCUT2D eigenvalue weighted by Gasteiger charge is 2.32. The molecule has 0 aliphatic carbocycles. The van der Waals surface area contributed by atoms with E-state index in [0.717, 1.165) is 0 Å². The maximum atomic E-state index is 11.6. The van der Waals surface area contributed by atoms with Gasteiger partial charge in [-0.25, -0.2) is 0 Å². The van der Waals surface area contributed by atoms with Gasteiger partial charge in [0.25, 0.3) is 0 Å². The van der Waals surface area contributed by atoms with Crippen LogP contribution in [0.2, 0.25) is 0 Å². The van der Waals surface area contributed by atoms with Gasteiger partial charge >= 0.3 is 5.97 Å². The smallest absolute Gasteiger partial charge is 0.325 e. The lowest BCUT2D eigenvalue weighted by Crippen LogP contribution is -2.48. The molecule has 102 valence electrons. The molecule has 17 heavy (non-hydrogen) atoms. The molecule has 0 fully saturated rings. The lowest BCUT2D eigenvalue weighted by molar-refractivity contribution is -0.149. The maximum Gasteiger partial charge on any atom is 0.325 e. The molecule has 5 heteroatoms. The average molecular weight is 263 g/mol. The highest BCUT2D eigenvalue weighted by atomic mass is 32.2. The Morgan fingerprint density at radius 3 is 2.41 bits per heavy atom. The molecule has 0 aromatic carbocycles. The Bertz CT molecular complexity index is 244. The van der Waals surface area contributed by atoms with Crippen molar-refractivity contribution in [1.82, 2.24) is 0 Å². The van der Waals surface area contributed by atoms with Gasteiger partial charge in [0.2, 0.25) is 0 Å². The number of thioether (sulfide) groups is 1. The van der Waals surface area contributed by atoms with Crippen molar-refractivity contribution in [3.63, 3.8) is 0 Å². The second kappa shape index (κ2) is 7.24. The Balaban J connectivity index is 4.26. The van der Waals surface area contributed by atoms with Gasteiger partial charge in [0.05, 0.1) is 12.7 Å². The number of hydrogen-bond acceptors (Lipinski definition) is 5. The molecule has 4 unspecified atom stereocenters. The molecule has 4 atom stereocenters. The Morgan fingerprint density at radius 1 is 1.47 bits per heavy atom. The Labute approximate surface area is 108 Å².